The van der Waals surface area contributed by atoms with Crippen molar-refractivity contribution in [3.63, 3.8) is 0 Å². The van der Waals surface area contributed by atoms with Crippen LogP contribution in [-0.2, 0) is 4.79 Å². The van der Waals surface area contributed by atoms with E-state index in [0.29, 0.717) is 0 Å². The predicted octanol–water partition coefficient (Wildman–Crippen LogP) is 1.20. The van der Waals surface area contributed by atoms with E-state index in [9.17, 15) is 4.79 Å². The van der Waals surface area contributed by atoms with E-state index in [1.54, 1.807) is 0 Å². The largest absolute Gasteiger partial charge is 0.369 e. The van der Waals surface area contributed by atoms with Crippen LogP contribution in [0.5, 0.6) is 0 Å². The second kappa shape index (κ2) is 4.03. The lowest BCUT2D eigenvalue weighted by Gasteiger charge is -2.38. The van der Waals surface area contributed by atoms with Crippen molar-refractivity contribution in [3.8, 4) is 0 Å². The zero-order chi connectivity index (χ0) is 10.8. The van der Waals surface area contributed by atoms with Gasteiger partial charge >= 0.3 is 0 Å². The van der Waals surface area contributed by atoms with E-state index in [4.69, 9.17) is 11.5 Å². The molecular formula is C12H16N2O. The zero-order valence-corrected chi connectivity index (χ0v) is 8.60. The van der Waals surface area contributed by atoms with Crippen LogP contribution >= 0.6 is 0 Å². The SMILES string of the molecule is NC(=O)C1CCC1C(N)c1ccccc1. The van der Waals surface area contributed by atoms with Gasteiger partial charge in [0.05, 0.1) is 0 Å². The highest BCUT2D eigenvalue weighted by molar-refractivity contribution is 5.78. The van der Waals surface area contributed by atoms with E-state index in [1.165, 1.54) is 0 Å². The minimum atomic E-state index is -0.211. The number of rotatable bonds is 3. The number of carbonyl (C=O) groups excluding carboxylic acids is 1. The summed E-state index contributed by atoms with van der Waals surface area (Å²) in [6, 6.07) is 9.84. The van der Waals surface area contributed by atoms with Gasteiger partial charge in [-0.25, -0.2) is 0 Å². The molecule has 1 aromatic carbocycles. The van der Waals surface area contributed by atoms with Gasteiger partial charge in [-0.05, 0) is 24.3 Å². The molecule has 4 N–H and O–H groups in total. The lowest BCUT2D eigenvalue weighted by molar-refractivity contribution is -0.127. The quantitative estimate of drug-likeness (QED) is 0.776. The average molecular weight is 204 g/mol. The molecule has 0 saturated heterocycles. The van der Waals surface area contributed by atoms with Crippen molar-refractivity contribution in [2.75, 3.05) is 0 Å². The minimum absolute atomic E-state index is 0.0276. The lowest BCUT2D eigenvalue weighted by Crippen LogP contribution is -2.42. The number of hydrogen-bond acceptors (Lipinski definition) is 2. The van der Waals surface area contributed by atoms with Gasteiger partial charge in [0, 0.05) is 12.0 Å². The van der Waals surface area contributed by atoms with Gasteiger partial charge in [-0.1, -0.05) is 30.3 Å². The van der Waals surface area contributed by atoms with Crippen LogP contribution in [0.25, 0.3) is 0 Å². The molecule has 1 aliphatic rings. The fourth-order valence-corrected chi connectivity index (χ4v) is 2.23. The number of hydrogen-bond donors (Lipinski definition) is 2. The Morgan fingerprint density at radius 3 is 2.40 bits per heavy atom. The fourth-order valence-electron chi connectivity index (χ4n) is 2.23. The van der Waals surface area contributed by atoms with Crippen LogP contribution < -0.4 is 11.5 Å². The number of amides is 1. The van der Waals surface area contributed by atoms with Gasteiger partial charge in [-0.2, -0.15) is 0 Å². The van der Waals surface area contributed by atoms with Crippen molar-refractivity contribution < 1.29 is 4.79 Å². The molecule has 3 heteroatoms. The molecular weight excluding hydrogens is 188 g/mol. The molecule has 2 rings (SSSR count). The summed E-state index contributed by atoms with van der Waals surface area (Å²) in [5, 5.41) is 0. The van der Waals surface area contributed by atoms with Gasteiger partial charge < -0.3 is 11.5 Å². The highest BCUT2D eigenvalue weighted by atomic mass is 16.1. The predicted molar refractivity (Wildman–Crippen MR) is 58.8 cm³/mol. The molecule has 0 aromatic heterocycles. The van der Waals surface area contributed by atoms with Crippen molar-refractivity contribution in [3.05, 3.63) is 35.9 Å². The maximum absolute atomic E-state index is 11.1. The molecule has 1 amide bonds. The van der Waals surface area contributed by atoms with E-state index in [1.807, 2.05) is 30.3 Å². The molecule has 1 saturated carbocycles. The average Bonchev–Trinajstić information content (AvgIpc) is 2.16. The van der Waals surface area contributed by atoms with Crippen LogP contribution in [0.1, 0.15) is 24.4 Å². The molecule has 1 aliphatic carbocycles. The molecule has 15 heavy (non-hydrogen) atoms. The Hall–Kier alpha value is -1.35. The highest BCUT2D eigenvalue weighted by Crippen LogP contribution is 2.41. The zero-order valence-electron chi connectivity index (χ0n) is 8.60. The molecule has 1 aromatic rings. The topological polar surface area (TPSA) is 69.1 Å². The lowest BCUT2D eigenvalue weighted by atomic mass is 9.68. The van der Waals surface area contributed by atoms with Gasteiger partial charge in [0.2, 0.25) is 5.91 Å². The number of primary amides is 1. The van der Waals surface area contributed by atoms with Crippen molar-refractivity contribution in [1.82, 2.24) is 0 Å². The molecule has 80 valence electrons. The van der Waals surface area contributed by atoms with Crippen molar-refractivity contribution >= 4 is 5.91 Å². The first-order valence-corrected chi connectivity index (χ1v) is 5.30. The molecule has 0 aliphatic heterocycles. The number of nitrogens with two attached hydrogens (primary N) is 2. The summed E-state index contributed by atoms with van der Waals surface area (Å²) < 4.78 is 0. The summed E-state index contributed by atoms with van der Waals surface area (Å²) in [6.45, 7) is 0. The monoisotopic (exact) mass is 204 g/mol. The van der Waals surface area contributed by atoms with Crippen molar-refractivity contribution in [1.29, 1.82) is 0 Å². The molecule has 0 heterocycles. The first-order valence-electron chi connectivity index (χ1n) is 5.30. The minimum Gasteiger partial charge on any atom is -0.369 e. The third-order valence-electron chi connectivity index (χ3n) is 3.34. The number of carbonyl (C=O) groups is 1. The first kappa shape index (κ1) is 10.2. The summed E-state index contributed by atoms with van der Waals surface area (Å²) >= 11 is 0. The Morgan fingerprint density at radius 1 is 1.27 bits per heavy atom. The van der Waals surface area contributed by atoms with Gasteiger partial charge in [0.1, 0.15) is 0 Å². The molecule has 1 fully saturated rings. The Balaban J connectivity index is 2.09. The van der Waals surface area contributed by atoms with Crippen LogP contribution in [0, 0.1) is 11.8 Å². The summed E-state index contributed by atoms with van der Waals surface area (Å²) in [5.74, 6) is -0.0114. The molecule has 0 radical (unpaired) electrons. The smallest absolute Gasteiger partial charge is 0.220 e. The van der Waals surface area contributed by atoms with Crippen LogP contribution in [0.3, 0.4) is 0 Å². The normalized spacial score (nSPS) is 26.7. The van der Waals surface area contributed by atoms with Gasteiger partial charge in [0.25, 0.3) is 0 Å². The molecule has 3 unspecified atom stereocenters. The Bertz CT molecular complexity index is 350. The van der Waals surface area contributed by atoms with Crippen LogP contribution in [0.2, 0.25) is 0 Å². The van der Waals surface area contributed by atoms with Gasteiger partial charge in [-0.3, -0.25) is 4.79 Å². The molecule has 3 atom stereocenters. The van der Waals surface area contributed by atoms with E-state index in [-0.39, 0.29) is 23.8 Å². The van der Waals surface area contributed by atoms with E-state index in [0.717, 1.165) is 18.4 Å². The summed E-state index contributed by atoms with van der Waals surface area (Å²) in [5.41, 5.74) is 12.5. The third kappa shape index (κ3) is 1.88. The van der Waals surface area contributed by atoms with Gasteiger partial charge in [-0.15, -0.1) is 0 Å². The third-order valence-corrected chi connectivity index (χ3v) is 3.34. The summed E-state index contributed by atoms with van der Waals surface area (Å²) in [7, 11) is 0. The highest BCUT2D eigenvalue weighted by Gasteiger charge is 2.39. The van der Waals surface area contributed by atoms with E-state index in [2.05, 4.69) is 0 Å². The summed E-state index contributed by atoms with van der Waals surface area (Å²) in [6.07, 6.45) is 1.89. The summed E-state index contributed by atoms with van der Waals surface area (Å²) in [4.78, 5) is 11.1. The molecule has 0 bridgehead atoms. The first-order chi connectivity index (χ1) is 7.20. The van der Waals surface area contributed by atoms with Gasteiger partial charge in [0.15, 0.2) is 0 Å². The van der Waals surface area contributed by atoms with Crippen LogP contribution in [0.15, 0.2) is 30.3 Å². The van der Waals surface area contributed by atoms with Crippen LogP contribution in [-0.4, -0.2) is 5.91 Å². The second-order valence-electron chi connectivity index (χ2n) is 4.19. The van der Waals surface area contributed by atoms with Crippen molar-refractivity contribution in [2.24, 2.45) is 23.3 Å². The Labute approximate surface area is 89.5 Å². The number of benzene rings is 1. The standard InChI is InChI=1S/C12H16N2O/c13-11(8-4-2-1-3-5-8)9-6-7-10(9)12(14)15/h1-5,9-11H,6-7,13H2,(H2,14,15). The maximum Gasteiger partial charge on any atom is 0.220 e. The van der Waals surface area contributed by atoms with Crippen molar-refractivity contribution in [2.45, 2.75) is 18.9 Å². The van der Waals surface area contributed by atoms with E-state index < -0.39 is 0 Å². The maximum atomic E-state index is 11.1. The molecule has 3 nitrogen and oxygen atoms in total. The fraction of sp³-hybridized carbons (Fsp3) is 0.417. The molecule has 0 spiro atoms. The second-order valence-corrected chi connectivity index (χ2v) is 4.19. The Morgan fingerprint density at radius 2 is 1.93 bits per heavy atom. The Kier molecular flexibility index (Phi) is 2.73. The van der Waals surface area contributed by atoms with Crippen LogP contribution in [0.4, 0.5) is 0 Å². The van der Waals surface area contributed by atoms with E-state index >= 15 is 0 Å².